The van der Waals surface area contributed by atoms with E-state index in [1.807, 2.05) is 30.3 Å². The lowest BCUT2D eigenvalue weighted by Crippen LogP contribution is -2.49. The first-order chi connectivity index (χ1) is 12.6. The summed E-state index contributed by atoms with van der Waals surface area (Å²) < 4.78 is 27.7. The second-order valence-electron chi connectivity index (χ2n) is 7.36. The molecule has 2 aromatic carbocycles. The van der Waals surface area contributed by atoms with Crippen LogP contribution < -0.4 is 0 Å². The van der Waals surface area contributed by atoms with Gasteiger partial charge in [0.25, 0.3) is 0 Å². The molecule has 0 amide bonds. The molecule has 2 aliphatic rings. The van der Waals surface area contributed by atoms with E-state index in [9.17, 15) is 8.42 Å². The summed E-state index contributed by atoms with van der Waals surface area (Å²) >= 11 is 0. The summed E-state index contributed by atoms with van der Waals surface area (Å²) in [5, 5.41) is 2.04. The van der Waals surface area contributed by atoms with Crippen LogP contribution in [-0.2, 0) is 10.0 Å². The molecular formula is C21H26N2O2S. The third kappa shape index (κ3) is 3.70. The number of piperazine rings is 1. The zero-order chi connectivity index (χ0) is 18.0. The van der Waals surface area contributed by atoms with Crippen molar-refractivity contribution >= 4 is 20.8 Å². The zero-order valence-electron chi connectivity index (χ0n) is 15.0. The van der Waals surface area contributed by atoms with Crippen LogP contribution >= 0.6 is 0 Å². The van der Waals surface area contributed by atoms with Gasteiger partial charge in [-0.3, -0.25) is 0 Å². The quantitative estimate of drug-likeness (QED) is 0.774. The molecule has 0 saturated carbocycles. The summed E-state index contributed by atoms with van der Waals surface area (Å²) in [6.45, 7) is 3.91. The Kier molecular flexibility index (Phi) is 5.11. The van der Waals surface area contributed by atoms with Crippen LogP contribution in [0.4, 0.5) is 0 Å². The fraction of sp³-hybridized carbons (Fsp3) is 0.429. The molecule has 0 spiro atoms. The Morgan fingerprint density at radius 3 is 2.42 bits per heavy atom. The number of fused-ring (bicyclic) bond motifs is 1. The Bertz CT molecular complexity index is 899. The number of hydrogen-bond donors (Lipinski definition) is 0. The summed E-state index contributed by atoms with van der Waals surface area (Å²) in [5.74, 6) is 0.726. The number of nitrogens with zero attached hydrogens (tertiary/aromatic N) is 2. The lowest BCUT2D eigenvalue weighted by atomic mass is 9.94. The molecular weight excluding hydrogens is 344 g/mol. The second kappa shape index (κ2) is 7.51. The molecule has 1 aliphatic carbocycles. The summed E-state index contributed by atoms with van der Waals surface area (Å²) in [7, 11) is -3.41. The van der Waals surface area contributed by atoms with Crippen molar-refractivity contribution in [3.05, 3.63) is 54.6 Å². The third-order valence-corrected chi connectivity index (χ3v) is 7.48. The van der Waals surface area contributed by atoms with Gasteiger partial charge < -0.3 is 4.90 Å². The predicted octanol–water partition coefficient (Wildman–Crippen LogP) is 3.50. The van der Waals surface area contributed by atoms with Gasteiger partial charge >= 0.3 is 0 Å². The fourth-order valence-electron chi connectivity index (χ4n) is 4.02. The molecule has 0 aromatic heterocycles. The van der Waals surface area contributed by atoms with Gasteiger partial charge in [-0.25, -0.2) is 8.42 Å². The molecule has 0 N–H and O–H groups in total. The largest absolute Gasteiger partial charge is 0.300 e. The minimum Gasteiger partial charge on any atom is -0.300 e. The third-order valence-electron chi connectivity index (χ3n) is 5.58. The number of benzene rings is 2. The van der Waals surface area contributed by atoms with Gasteiger partial charge in [0, 0.05) is 32.7 Å². The van der Waals surface area contributed by atoms with E-state index in [2.05, 4.69) is 17.1 Å². The topological polar surface area (TPSA) is 40.6 Å². The van der Waals surface area contributed by atoms with Crippen molar-refractivity contribution in [1.29, 1.82) is 0 Å². The van der Waals surface area contributed by atoms with Crippen LogP contribution in [0.5, 0.6) is 0 Å². The summed E-state index contributed by atoms with van der Waals surface area (Å²) in [6, 6.07) is 13.3. The lowest BCUT2D eigenvalue weighted by molar-refractivity contribution is 0.161. The highest BCUT2D eigenvalue weighted by atomic mass is 32.2. The molecule has 0 radical (unpaired) electrons. The maximum Gasteiger partial charge on any atom is 0.243 e. The smallest absolute Gasteiger partial charge is 0.243 e. The van der Waals surface area contributed by atoms with Gasteiger partial charge in [0.15, 0.2) is 0 Å². The fourth-order valence-corrected chi connectivity index (χ4v) is 5.47. The first-order valence-electron chi connectivity index (χ1n) is 9.49. The minimum atomic E-state index is -3.41. The molecule has 0 bridgehead atoms. The van der Waals surface area contributed by atoms with Crippen LogP contribution in [0.3, 0.4) is 0 Å². The highest BCUT2D eigenvalue weighted by molar-refractivity contribution is 7.89. The number of sulfonamides is 1. The minimum absolute atomic E-state index is 0.405. The molecule has 26 heavy (non-hydrogen) atoms. The second-order valence-corrected chi connectivity index (χ2v) is 9.30. The highest BCUT2D eigenvalue weighted by Gasteiger charge is 2.29. The van der Waals surface area contributed by atoms with Crippen molar-refractivity contribution in [2.75, 3.05) is 32.7 Å². The molecule has 4 nitrogen and oxygen atoms in total. The Labute approximate surface area is 156 Å². The van der Waals surface area contributed by atoms with Crippen LogP contribution in [0.2, 0.25) is 0 Å². The molecule has 5 heteroatoms. The normalized spacial score (nSPS) is 22.7. The Morgan fingerprint density at radius 2 is 1.69 bits per heavy atom. The van der Waals surface area contributed by atoms with Crippen LogP contribution in [0, 0.1) is 5.92 Å². The first kappa shape index (κ1) is 17.7. The van der Waals surface area contributed by atoms with E-state index < -0.39 is 10.0 Å². The van der Waals surface area contributed by atoms with E-state index >= 15 is 0 Å². The average molecular weight is 371 g/mol. The SMILES string of the molecule is O=S(=O)(c1ccc2ccccc2c1)N1CCN(C[C@H]2CC=CCC2)CC1. The maximum atomic E-state index is 13.0. The van der Waals surface area contributed by atoms with E-state index in [1.165, 1.54) is 12.8 Å². The zero-order valence-corrected chi connectivity index (χ0v) is 15.9. The van der Waals surface area contributed by atoms with Crippen molar-refractivity contribution in [2.45, 2.75) is 24.2 Å². The number of hydrogen-bond acceptors (Lipinski definition) is 3. The van der Waals surface area contributed by atoms with Gasteiger partial charge in [0.1, 0.15) is 0 Å². The summed E-state index contributed by atoms with van der Waals surface area (Å²) in [5.41, 5.74) is 0. The Hall–Kier alpha value is -1.69. The molecule has 1 aliphatic heterocycles. The maximum absolute atomic E-state index is 13.0. The van der Waals surface area contributed by atoms with Crippen LogP contribution in [0.1, 0.15) is 19.3 Å². The van der Waals surface area contributed by atoms with Gasteiger partial charge in [-0.1, -0.05) is 42.5 Å². The molecule has 0 unspecified atom stereocenters. The molecule has 1 saturated heterocycles. The Balaban J connectivity index is 1.43. The monoisotopic (exact) mass is 370 g/mol. The number of allylic oxidation sites excluding steroid dienone is 2. The Morgan fingerprint density at radius 1 is 0.923 bits per heavy atom. The van der Waals surface area contributed by atoms with Crippen molar-refractivity contribution in [3.63, 3.8) is 0 Å². The standard InChI is InChI=1S/C21H26N2O2S/c24-26(25,21-11-10-19-8-4-5-9-20(19)16-21)23-14-12-22(13-15-23)17-18-6-2-1-3-7-18/h1-2,4-5,8-11,16,18H,3,6-7,12-15,17H2/t18-/m0/s1. The van der Waals surface area contributed by atoms with Crippen molar-refractivity contribution in [2.24, 2.45) is 5.92 Å². The molecule has 4 rings (SSSR count). The van der Waals surface area contributed by atoms with Crippen molar-refractivity contribution in [1.82, 2.24) is 9.21 Å². The molecule has 1 fully saturated rings. The molecule has 138 valence electrons. The van der Waals surface area contributed by atoms with Gasteiger partial charge in [-0.05, 0) is 48.1 Å². The van der Waals surface area contributed by atoms with Gasteiger partial charge in [0.2, 0.25) is 10.0 Å². The van der Waals surface area contributed by atoms with Crippen molar-refractivity contribution in [3.8, 4) is 0 Å². The lowest BCUT2D eigenvalue weighted by Gasteiger charge is -2.36. The molecule has 1 atom stereocenters. The van der Waals surface area contributed by atoms with Gasteiger partial charge in [0.05, 0.1) is 4.90 Å². The average Bonchev–Trinajstić information content (AvgIpc) is 2.69. The van der Waals surface area contributed by atoms with Crippen LogP contribution in [-0.4, -0.2) is 50.3 Å². The van der Waals surface area contributed by atoms with E-state index in [0.717, 1.165) is 42.7 Å². The highest BCUT2D eigenvalue weighted by Crippen LogP contribution is 2.24. The van der Waals surface area contributed by atoms with E-state index in [-0.39, 0.29) is 0 Å². The number of rotatable bonds is 4. The first-order valence-corrected chi connectivity index (χ1v) is 10.9. The van der Waals surface area contributed by atoms with Crippen LogP contribution in [0.15, 0.2) is 59.5 Å². The van der Waals surface area contributed by atoms with Crippen molar-refractivity contribution < 1.29 is 8.42 Å². The summed E-state index contributed by atoms with van der Waals surface area (Å²) in [4.78, 5) is 2.83. The van der Waals surface area contributed by atoms with E-state index in [1.54, 1.807) is 16.4 Å². The van der Waals surface area contributed by atoms with E-state index in [0.29, 0.717) is 18.0 Å². The predicted molar refractivity (Wildman–Crippen MR) is 106 cm³/mol. The molecule has 2 aromatic rings. The van der Waals surface area contributed by atoms with Crippen LogP contribution in [0.25, 0.3) is 10.8 Å². The van der Waals surface area contributed by atoms with E-state index in [4.69, 9.17) is 0 Å². The van der Waals surface area contributed by atoms with Gasteiger partial charge in [-0.15, -0.1) is 0 Å². The van der Waals surface area contributed by atoms with Gasteiger partial charge in [-0.2, -0.15) is 4.31 Å². The molecule has 1 heterocycles. The summed E-state index contributed by atoms with van der Waals surface area (Å²) in [6.07, 6.45) is 8.15.